The average Bonchev–Trinajstić information content (AvgIpc) is 2.54. The molecule has 2 atom stereocenters. The van der Waals surface area contributed by atoms with E-state index in [1.54, 1.807) is 6.92 Å². The first-order chi connectivity index (χ1) is 10.9. The first-order valence-corrected chi connectivity index (χ1v) is 6.91. The highest BCUT2D eigenvalue weighted by Crippen LogP contribution is 1.96. The number of carbonyl (C=O) groups excluding carboxylic acids is 2. The number of nitrogens with two attached hydrogens (primary N) is 2. The monoisotopic (exact) mass is 334 g/mol. The number of carboxylic acids is 1. The van der Waals surface area contributed by atoms with Gasteiger partial charge in [0.25, 0.3) is 0 Å². The third-order valence-electron chi connectivity index (χ3n) is 2.08. The number of isocyanates is 2. The molecule has 1 unspecified atom stereocenters. The first kappa shape index (κ1) is 26.0. The Morgan fingerprint density at radius 2 is 1.74 bits per heavy atom. The quantitative estimate of drug-likeness (QED) is 0.192. The molecule has 0 aromatic heterocycles. The van der Waals surface area contributed by atoms with Crippen LogP contribution in [0.2, 0.25) is 0 Å². The smallest absolute Gasteiger partial charge is 0.320 e. The van der Waals surface area contributed by atoms with Gasteiger partial charge in [0.15, 0.2) is 0 Å². The molecule has 0 saturated carbocycles. The molecule has 0 saturated heterocycles. The van der Waals surface area contributed by atoms with Crippen molar-refractivity contribution in [2.24, 2.45) is 21.5 Å². The summed E-state index contributed by atoms with van der Waals surface area (Å²) in [7, 11) is 0. The van der Waals surface area contributed by atoms with Crippen LogP contribution < -0.4 is 11.5 Å². The van der Waals surface area contributed by atoms with Gasteiger partial charge in [-0.05, 0) is 26.3 Å². The predicted molar refractivity (Wildman–Crippen MR) is 83.3 cm³/mol. The maximum Gasteiger partial charge on any atom is 0.320 e. The zero-order valence-corrected chi connectivity index (χ0v) is 13.2. The summed E-state index contributed by atoms with van der Waals surface area (Å²) in [6.45, 7) is 2.22. The van der Waals surface area contributed by atoms with Crippen LogP contribution in [0, 0.1) is 0 Å². The van der Waals surface area contributed by atoms with Gasteiger partial charge in [0.2, 0.25) is 12.2 Å². The minimum Gasteiger partial charge on any atom is -0.480 e. The van der Waals surface area contributed by atoms with Crippen LogP contribution in [0.25, 0.3) is 0 Å². The van der Waals surface area contributed by atoms with Gasteiger partial charge in [-0.25, -0.2) is 19.6 Å². The van der Waals surface area contributed by atoms with Crippen LogP contribution in [0.15, 0.2) is 9.98 Å². The van der Waals surface area contributed by atoms with Crippen molar-refractivity contribution in [1.29, 1.82) is 0 Å². The minimum absolute atomic E-state index is 0.125. The number of aliphatic hydroxyl groups is 2. The van der Waals surface area contributed by atoms with Gasteiger partial charge in [0, 0.05) is 0 Å². The van der Waals surface area contributed by atoms with Gasteiger partial charge in [-0.1, -0.05) is 6.42 Å². The Hall–Kier alpha value is -1.93. The van der Waals surface area contributed by atoms with E-state index in [9.17, 15) is 14.4 Å². The Kier molecular flexibility index (Phi) is 25.3. The zero-order valence-electron chi connectivity index (χ0n) is 13.2. The lowest BCUT2D eigenvalue weighted by Crippen LogP contribution is -2.29. The third-order valence-corrected chi connectivity index (χ3v) is 2.08. The number of aliphatic carboxylic acids is 1. The summed E-state index contributed by atoms with van der Waals surface area (Å²) in [4.78, 5) is 35.7. The maximum atomic E-state index is 10.1. The molecule has 0 rings (SSSR count). The van der Waals surface area contributed by atoms with E-state index < -0.39 is 12.0 Å². The van der Waals surface area contributed by atoms with Gasteiger partial charge >= 0.3 is 5.97 Å². The molecule has 0 heterocycles. The van der Waals surface area contributed by atoms with Crippen molar-refractivity contribution in [3.63, 3.8) is 0 Å². The number of aliphatic imine (C=N–C) groups is 2. The summed E-state index contributed by atoms with van der Waals surface area (Å²) in [5.41, 5.74) is 10.4. The predicted octanol–water partition coefficient (Wildman–Crippen LogP) is -1.46. The van der Waals surface area contributed by atoms with Crippen molar-refractivity contribution in [2.75, 3.05) is 26.3 Å². The van der Waals surface area contributed by atoms with Crippen LogP contribution in [0.1, 0.15) is 26.2 Å². The van der Waals surface area contributed by atoms with E-state index in [-0.39, 0.29) is 25.8 Å². The Bertz CT molecular complexity index is 365. The van der Waals surface area contributed by atoms with Crippen LogP contribution >= 0.6 is 0 Å². The lowest BCUT2D eigenvalue weighted by molar-refractivity contribution is -0.138. The van der Waals surface area contributed by atoms with Crippen LogP contribution in [-0.2, 0) is 14.4 Å². The molecule has 0 fully saturated rings. The fourth-order valence-electron chi connectivity index (χ4n) is 0.932. The molecule has 10 heteroatoms. The summed E-state index contributed by atoms with van der Waals surface area (Å²) in [6.07, 6.45) is 4.87. The van der Waals surface area contributed by atoms with Gasteiger partial charge in [-0.3, -0.25) is 4.79 Å². The van der Waals surface area contributed by atoms with Crippen molar-refractivity contribution in [3.05, 3.63) is 0 Å². The Morgan fingerprint density at radius 1 is 1.17 bits per heavy atom. The Morgan fingerprint density at radius 3 is 2.09 bits per heavy atom. The van der Waals surface area contributed by atoms with E-state index in [4.69, 9.17) is 26.8 Å². The highest BCUT2D eigenvalue weighted by atomic mass is 16.4. The summed E-state index contributed by atoms with van der Waals surface area (Å²) < 4.78 is 0. The van der Waals surface area contributed by atoms with Crippen molar-refractivity contribution in [1.82, 2.24) is 0 Å². The number of rotatable bonds is 9. The lowest BCUT2D eigenvalue weighted by atomic mass is 10.1. The molecule has 0 spiro atoms. The van der Waals surface area contributed by atoms with Crippen molar-refractivity contribution >= 4 is 18.1 Å². The number of carboxylic acid groups (broad SMARTS) is 1. The molecular formula is C13H26N4O6. The van der Waals surface area contributed by atoms with E-state index in [2.05, 4.69) is 9.98 Å². The molecular weight excluding hydrogens is 308 g/mol. The van der Waals surface area contributed by atoms with Gasteiger partial charge in [0.05, 0.1) is 25.8 Å². The van der Waals surface area contributed by atoms with E-state index in [0.717, 1.165) is 12.8 Å². The summed E-state index contributed by atoms with van der Waals surface area (Å²) in [5, 5.41) is 23.6. The molecule has 7 N–H and O–H groups in total. The molecule has 0 aliphatic heterocycles. The van der Waals surface area contributed by atoms with E-state index >= 15 is 0 Å². The van der Waals surface area contributed by atoms with Crippen LogP contribution in [0.4, 0.5) is 0 Å². The summed E-state index contributed by atoms with van der Waals surface area (Å²) in [5.74, 6) is -0.933. The fraction of sp³-hybridized carbons (Fsp3) is 0.769. The van der Waals surface area contributed by atoms with Crippen molar-refractivity contribution < 1.29 is 29.7 Å². The SMILES string of the molecule is CC(CN=C=O)N=C=O.NCCCC[C@H](N)C(=O)O.OCCO. The second-order valence-electron chi connectivity index (χ2n) is 4.18. The summed E-state index contributed by atoms with van der Waals surface area (Å²) >= 11 is 0. The van der Waals surface area contributed by atoms with E-state index in [0.29, 0.717) is 13.0 Å². The third kappa shape index (κ3) is 28.9. The second kappa shape index (κ2) is 22.4. The number of hydrogen-bond acceptors (Lipinski definition) is 9. The number of aliphatic hydroxyl groups excluding tert-OH is 2. The Balaban J connectivity index is -0.000000284. The van der Waals surface area contributed by atoms with E-state index in [1.165, 1.54) is 12.2 Å². The van der Waals surface area contributed by atoms with Crippen LogP contribution in [-0.4, -0.2) is 71.8 Å². The second-order valence-corrected chi connectivity index (χ2v) is 4.18. The van der Waals surface area contributed by atoms with Crippen molar-refractivity contribution in [3.8, 4) is 0 Å². The fourth-order valence-corrected chi connectivity index (χ4v) is 0.932. The molecule has 134 valence electrons. The van der Waals surface area contributed by atoms with E-state index in [1.807, 2.05) is 0 Å². The van der Waals surface area contributed by atoms with Crippen molar-refractivity contribution in [2.45, 2.75) is 38.3 Å². The molecule has 0 amide bonds. The molecule has 0 bridgehead atoms. The standard InChI is InChI=1S/C6H14N2O2.C5H6N2O2.C2H6O2/c7-4-2-1-3-5(8)6(9)10;1-5(7-4-9)2-6-3-8;3-1-2-4/h5H,1-4,7-8H2,(H,9,10);5H,2H2,1H3;3-4H,1-2H2/t5-;;/m0../s1. The Labute approximate surface area is 134 Å². The molecule has 10 nitrogen and oxygen atoms in total. The number of carbonyl (C=O) groups is 1. The van der Waals surface area contributed by atoms with Crippen LogP contribution in [0.5, 0.6) is 0 Å². The molecule has 0 aromatic rings. The largest absolute Gasteiger partial charge is 0.480 e. The lowest BCUT2D eigenvalue weighted by Gasteiger charge is -2.03. The maximum absolute atomic E-state index is 10.1. The van der Waals surface area contributed by atoms with Crippen LogP contribution in [0.3, 0.4) is 0 Å². The van der Waals surface area contributed by atoms with Gasteiger partial charge in [0.1, 0.15) is 6.04 Å². The van der Waals surface area contributed by atoms with Gasteiger partial charge in [-0.15, -0.1) is 0 Å². The molecule has 23 heavy (non-hydrogen) atoms. The normalized spacial score (nSPS) is 11.2. The number of hydrogen-bond donors (Lipinski definition) is 5. The average molecular weight is 334 g/mol. The van der Waals surface area contributed by atoms with Gasteiger partial charge < -0.3 is 26.8 Å². The molecule has 0 aromatic carbocycles. The molecule has 0 aliphatic rings. The highest BCUT2D eigenvalue weighted by Gasteiger charge is 2.09. The number of nitrogens with zero attached hydrogens (tertiary/aromatic N) is 2. The number of unbranched alkanes of at least 4 members (excludes halogenated alkanes) is 1. The minimum atomic E-state index is -0.933. The topological polar surface area (TPSA) is 189 Å². The first-order valence-electron chi connectivity index (χ1n) is 6.91. The molecule has 0 radical (unpaired) electrons. The molecule has 0 aliphatic carbocycles. The van der Waals surface area contributed by atoms with Gasteiger partial charge in [-0.2, -0.15) is 0 Å². The summed E-state index contributed by atoms with van der Waals surface area (Å²) in [6, 6.07) is -0.976. The highest BCUT2D eigenvalue weighted by molar-refractivity contribution is 5.72. The zero-order chi connectivity index (χ0) is 18.5.